The van der Waals surface area contributed by atoms with Crippen LogP contribution in [0.1, 0.15) is 18.9 Å². The first-order valence-corrected chi connectivity index (χ1v) is 10.2. The van der Waals surface area contributed by atoms with Gasteiger partial charge in [-0.15, -0.1) is 23.1 Å². The molecule has 0 fully saturated rings. The van der Waals surface area contributed by atoms with Gasteiger partial charge >= 0.3 is 0 Å². The maximum Gasteiger partial charge on any atom is 0.115 e. The lowest BCUT2D eigenvalue weighted by atomic mass is 10.1. The van der Waals surface area contributed by atoms with Gasteiger partial charge in [0.15, 0.2) is 0 Å². The number of hydrogen-bond donors (Lipinski definition) is 0. The summed E-state index contributed by atoms with van der Waals surface area (Å²) in [6.45, 7) is 2.10. The largest absolute Gasteiger partial charge is 0.172 e. The van der Waals surface area contributed by atoms with Crippen LogP contribution in [-0.2, 0) is 0 Å². The predicted octanol–water partition coefficient (Wildman–Crippen LogP) is 6.84. The molecule has 22 heavy (non-hydrogen) atoms. The van der Waals surface area contributed by atoms with Gasteiger partial charge in [0.25, 0.3) is 0 Å². The molecule has 0 unspecified atom stereocenters. The topological polar surface area (TPSA) is 25.8 Å². The summed E-state index contributed by atoms with van der Waals surface area (Å²) >= 11 is 17.7. The number of allylic oxidation sites excluding steroid dienone is 1. The molecule has 0 N–H and O–H groups in total. The summed E-state index contributed by atoms with van der Waals surface area (Å²) in [4.78, 5) is 2.14. The Morgan fingerprint density at radius 1 is 1.27 bits per heavy atom. The maximum absolute atomic E-state index is 6.62. The standard InChI is InChI=1S/C15H12Cl2N2S3/c1-3-5-8(20-2)10-12(16)13(17)11(9-6-4-7-21-9)15-14(10)18-22-19-15/h4-7H,3H2,1-2H3/b8-5-. The van der Waals surface area contributed by atoms with Gasteiger partial charge in [-0.25, -0.2) is 0 Å². The van der Waals surface area contributed by atoms with Gasteiger partial charge in [-0.05, 0) is 24.1 Å². The van der Waals surface area contributed by atoms with Crippen LogP contribution in [0.5, 0.6) is 0 Å². The second-order valence-electron chi connectivity index (χ2n) is 4.50. The molecule has 0 aliphatic rings. The number of halogens is 2. The van der Waals surface area contributed by atoms with Gasteiger partial charge in [-0.3, -0.25) is 0 Å². The summed E-state index contributed by atoms with van der Waals surface area (Å²) in [5, 5.41) is 3.12. The van der Waals surface area contributed by atoms with Crippen molar-refractivity contribution in [3.8, 4) is 10.4 Å². The molecule has 3 aromatic rings. The zero-order valence-electron chi connectivity index (χ0n) is 11.9. The lowest BCUT2D eigenvalue weighted by Crippen LogP contribution is -1.91. The normalized spacial score (nSPS) is 12.3. The molecule has 0 radical (unpaired) electrons. The van der Waals surface area contributed by atoms with Gasteiger partial charge in [-0.2, -0.15) is 8.75 Å². The van der Waals surface area contributed by atoms with E-state index in [1.165, 1.54) is 11.7 Å². The Labute approximate surface area is 151 Å². The van der Waals surface area contributed by atoms with Crippen LogP contribution in [0.3, 0.4) is 0 Å². The molecular formula is C15H12Cl2N2S3. The molecule has 7 heteroatoms. The van der Waals surface area contributed by atoms with E-state index < -0.39 is 0 Å². The quantitative estimate of drug-likeness (QED) is 0.490. The summed E-state index contributed by atoms with van der Waals surface area (Å²) in [5.41, 5.74) is 3.43. The molecule has 0 aliphatic heterocycles. The fraction of sp³-hybridized carbons (Fsp3) is 0.200. The second-order valence-corrected chi connectivity index (χ2v) is 7.58. The minimum atomic E-state index is 0.551. The van der Waals surface area contributed by atoms with E-state index in [9.17, 15) is 0 Å². The highest BCUT2D eigenvalue weighted by molar-refractivity contribution is 8.07. The van der Waals surface area contributed by atoms with E-state index in [1.54, 1.807) is 23.1 Å². The van der Waals surface area contributed by atoms with Crippen LogP contribution in [0.15, 0.2) is 23.6 Å². The molecule has 0 amide bonds. The SMILES string of the molecule is CC/C=C(\SC)c1c(Cl)c(Cl)c(-c2cccs2)c2nsnc12. The van der Waals surface area contributed by atoms with Crippen LogP contribution >= 0.6 is 58.0 Å². The highest BCUT2D eigenvalue weighted by atomic mass is 35.5. The molecule has 1 aromatic carbocycles. The Kier molecular flexibility index (Phi) is 5.10. The Morgan fingerprint density at radius 2 is 2.05 bits per heavy atom. The van der Waals surface area contributed by atoms with E-state index in [1.807, 2.05) is 23.8 Å². The Hall–Kier alpha value is -0.590. The third-order valence-corrected chi connectivity index (χ3v) is 6.30. The Bertz CT molecular complexity index is 838. The van der Waals surface area contributed by atoms with Gasteiger partial charge < -0.3 is 0 Å². The second kappa shape index (κ2) is 6.89. The maximum atomic E-state index is 6.62. The van der Waals surface area contributed by atoms with Crippen molar-refractivity contribution in [2.75, 3.05) is 6.26 Å². The molecule has 0 saturated carbocycles. The van der Waals surface area contributed by atoms with Crippen molar-refractivity contribution < 1.29 is 0 Å². The van der Waals surface area contributed by atoms with E-state index >= 15 is 0 Å². The van der Waals surface area contributed by atoms with Crippen molar-refractivity contribution in [2.45, 2.75) is 13.3 Å². The molecule has 0 bridgehead atoms. The van der Waals surface area contributed by atoms with E-state index in [4.69, 9.17) is 23.2 Å². The van der Waals surface area contributed by atoms with Gasteiger partial charge in [0, 0.05) is 20.9 Å². The predicted molar refractivity (Wildman–Crippen MR) is 103 cm³/mol. The summed E-state index contributed by atoms with van der Waals surface area (Å²) in [5.74, 6) is 0. The molecule has 3 rings (SSSR count). The van der Waals surface area contributed by atoms with Crippen molar-refractivity contribution in [3.63, 3.8) is 0 Å². The number of fused-ring (bicyclic) bond motifs is 1. The van der Waals surface area contributed by atoms with Crippen molar-refractivity contribution in [1.29, 1.82) is 0 Å². The Morgan fingerprint density at radius 3 is 2.68 bits per heavy atom. The summed E-state index contributed by atoms with van der Waals surface area (Å²) in [6.07, 6.45) is 5.10. The van der Waals surface area contributed by atoms with Gasteiger partial charge in [-0.1, -0.05) is 42.3 Å². The fourth-order valence-corrected chi connectivity index (χ4v) is 5.04. The highest BCUT2D eigenvalue weighted by Gasteiger charge is 2.23. The summed E-state index contributed by atoms with van der Waals surface area (Å²) < 4.78 is 8.95. The van der Waals surface area contributed by atoms with Crippen LogP contribution in [0.25, 0.3) is 26.4 Å². The molecule has 2 nitrogen and oxygen atoms in total. The number of nitrogens with zero attached hydrogens (tertiary/aromatic N) is 2. The van der Waals surface area contributed by atoms with Crippen molar-refractivity contribution in [3.05, 3.63) is 39.2 Å². The van der Waals surface area contributed by atoms with Crippen LogP contribution in [-0.4, -0.2) is 15.0 Å². The molecule has 114 valence electrons. The first-order valence-electron chi connectivity index (χ1n) is 6.60. The third-order valence-electron chi connectivity index (χ3n) is 3.22. The van der Waals surface area contributed by atoms with Gasteiger partial charge in [0.1, 0.15) is 11.0 Å². The van der Waals surface area contributed by atoms with E-state index in [0.29, 0.717) is 10.0 Å². The minimum absolute atomic E-state index is 0.551. The van der Waals surface area contributed by atoms with Crippen LogP contribution in [0.2, 0.25) is 10.0 Å². The zero-order valence-corrected chi connectivity index (χ0v) is 15.9. The first-order chi connectivity index (χ1) is 10.7. The average molecular weight is 387 g/mol. The molecule has 2 heterocycles. The summed E-state index contributed by atoms with van der Waals surface area (Å²) in [7, 11) is 0. The monoisotopic (exact) mass is 386 g/mol. The zero-order chi connectivity index (χ0) is 15.7. The first kappa shape index (κ1) is 16.3. The van der Waals surface area contributed by atoms with E-state index in [0.717, 1.165) is 38.4 Å². The number of benzene rings is 1. The van der Waals surface area contributed by atoms with Gasteiger partial charge in [0.05, 0.1) is 21.8 Å². The average Bonchev–Trinajstić information content (AvgIpc) is 3.18. The molecular weight excluding hydrogens is 375 g/mol. The molecule has 0 atom stereocenters. The van der Waals surface area contributed by atoms with Crippen molar-refractivity contribution in [1.82, 2.24) is 8.75 Å². The van der Waals surface area contributed by atoms with Crippen LogP contribution in [0, 0.1) is 0 Å². The number of thioether (sulfide) groups is 1. The molecule has 0 aliphatic carbocycles. The van der Waals surface area contributed by atoms with Crippen LogP contribution < -0.4 is 0 Å². The minimum Gasteiger partial charge on any atom is -0.172 e. The Balaban J connectivity index is 2.39. The molecule has 0 spiro atoms. The van der Waals surface area contributed by atoms with E-state index in [-0.39, 0.29) is 0 Å². The summed E-state index contributed by atoms with van der Waals surface area (Å²) in [6, 6.07) is 4.02. The number of thiophene rings is 1. The lowest BCUT2D eigenvalue weighted by Gasteiger charge is -2.12. The number of rotatable bonds is 4. The number of aromatic nitrogens is 2. The highest BCUT2D eigenvalue weighted by Crippen LogP contribution is 2.47. The van der Waals surface area contributed by atoms with Crippen molar-refractivity contribution >= 4 is 74.0 Å². The number of hydrogen-bond acceptors (Lipinski definition) is 5. The van der Waals surface area contributed by atoms with Crippen LogP contribution in [0.4, 0.5) is 0 Å². The smallest absolute Gasteiger partial charge is 0.115 e. The van der Waals surface area contributed by atoms with Crippen molar-refractivity contribution in [2.24, 2.45) is 0 Å². The fourth-order valence-electron chi connectivity index (χ4n) is 2.29. The van der Waals surface area contributed by atoms with E-state index in [2.05, 4.69) is 21.7 Å². The lowest BCUT2D eigenvalue weighted by molar-refractivity contribution is 1.23. The van der Waals surface area contributed by atoms with Gasteiger partial charge in [0.2, 0.25) is 0 Å². The molecule has 2 aromatic heterocycles. The molecule has 0 saturated heterocycles. The third kappa shape index (κ3) is 2.69.